The van der Waals surface area contributed by atoms with Crippen molar-refractivity contribution in [2.75, 3.05) is 29.2 Å². The van der Waals surface area contributed by atoms with E-state index in [1.807, 2.05) is 18.8 Å². The van der Waals surface area contributed by atoms with E-state index in [1.165, 1.54) is 12.2 Å². The SMILES string of the molecule is CN(c1nccc(N)n1)C1CCSC1. The summed E-state index contributed by atoms with van der Waals surface area (Å²) in [7, 11) is 2.03. The van der Waals surface area contributed by atoms with Crippen LogP contribution in [0.25, 0.3) is 0 Å². The highest BCUT2D eigenvalue weighted by molar-refractivity contribution is 7.99. The Morgan fingerprint density at radius 2 is 2.50 bits per heavy atom. The molecule has 0 radical (unpaired) electrons. The van der Waals surface area contributed by atoms with Crippen molar-refractivity contribution in [1.29, 1.82) is 0 Å². The molecule has 0 spiro atoms. The van der Waals surface area contributed by atoms with Crippen molar-refractivity contribution in [2.24, 2.45) is 0 Å². The van der Waals surface area contributed by atoms with E-state index in [9.17, 15) is 0 Å². The van der Waals surface area contributed by atoms with E-state index in [2.05, 4.69) is 14.9 Å². The van der Waals surface area contributed by atoms with Crippen molar-refractivity contribution in [3.63, 3.8) is 0 Å². The first-order chi connectivity index (χ1) is 6.77. The van der Waals surface area contributed by atoms with Gasteiger partial charge in [0.05, 0.1) is 0 Å². The van der Waals surface area contributed by atoms with Crippen LogP contribution in [-0.2, 0) is 0 Å². The minimum Gasteiger partial charge on any atom is -0.384 e. The predicted molar refractivity (Wildman–Crippen MR) is 60.6 cm³/mol. The van der Waals surface area contributed by atoms with E-state index in [-0.39, 0.29) is 0 Å². The number of anilines is 2. The molecule has 2 heterocycles. The molecule has 1 aromatic heterocycles. The first-order valence-corrected chi connectivity index (χ1v) is 5.82. The predicted octanol–water partition coefficient (Wildman–Crippen LogP) is 1.00. The van der Waals surface area contributed by atoms with Gasteiger partial charge in [0, 0.05) is 25.0 Å². The van der Waals surface area contributed by atoms with Gasteiger partial charge < -0.3 is 10.6 Å². The summed E-state index contributed by atoms with van der Waals surface area (Å²) in [4.78, 5) is 10.5. The molecule has 0 saturated carbocycles. The molecule has 0 bridgehead atoms. The molecule has 14 heavy (non-hydrogen) atoms. The normalized spacial score (nSPS) is 21.1. The standard InChI is InChI=1S/C9H14N4S/c1-13(7-3-5-14-6-7)9-11-4-2-8(10)12-9/h2,4,7H,3,5-6H2,1H3,(H2,10,11,12). The molecule has 2 rings (SSSR count). The summed E-state index contributed by atoms with van der Waals surface area (Å²) in [5.41, 5.74) is 5.61. The third kappa shape index (κ3) is 1.92. The molecule has 1 atom stereocenters. The number of nitrogen functional groups attached to an aromatic ring is 1. The van der Waals surface area contributed by atoms with E-state index < -0.39 is 0 Å². The van der Waals surface area contributed by atoms with Gasteiger partial charge in [0.15, 0.2) is 0 Å². The second-order valence-corrected chi connectivity index (χ2v) is 4.56. The van der Waals surface area contributed by atoms with Gasteiger partial charge in [0.25, 0.3) is 0 Å². The molecule has 76 valence electrons. The Hall–Kier alpha value is -0.970. The van der Waals surface area contributed by atoms with Gasteiger partial charge in [0.1, 0.15) is 5.82 Å². The van der Waals surface area contributed by atoms with Crippen LogP contribution in [0.15, 0.2) is 12.3 Å². The second kappa shape index (κ2) is 4.04. The van der Waals surface area contributed by atoms with E-state index >= 15 is 0 Å². The molecule has 0 aromatic carbocycles. The summed E-state index contributed by atoms with van der Waals surface area (Å²) in [5, 5.41) is 0. The smallest absolute Gasteiger partial charge is 0.227 e. The third-order valence-corrected chi connectivity index (χ3v) is 3.58. The van der Waals surface area contributed by atoms with Crippen LogP contribution in [-0.4, -0.2) is 34.6 Å². The Morgan fingerprint density at radius 3 is 3.14 bits per heavy atom. The van der Waals surface area contributed by atoms with Gasteiger partial charge in [-0.25, -0.2) is 4.98 Å². The monoisotopic (exact) mass is 210 g/mol. The van der Waals surface area contributed by atoms with Crippen molar-refractivity contribution in [1.82, 2.24) is 9.97 Å². The van der Waals surface area contributed by atoms with Crippen LogP contribution < -0.4 is 10.6 Å². The first-order valence-electron chi connectivity index (χ1n) is 4.66. The molecule has 1 fully saturated rings. The van der Waals surface area contributed by atoms with Gasteiger partial charge in [-0.2, -0.15) is 16.7 Å². The van der Waals surface area contributed by atoms with Gasteiger partial charge in [-0.05, 0) is 18.2 Å². The number of aromatic nitrogens is 2. The van der Waals surface area contributed by atoms with Gasteiger partial charge in [0.2, 0.25) is 5.95 Å². The molecule has 2 N–H and O–H groups in total. The molecular weight excluding hydrogens is 196 g/mol. The third-order valence-electron chi connectivity index (χ3n) is 2.43. The molecule has 5 heteroatoms. The van der Waals surface area contributed by atoms with Crippen molar-refractivity contribution in [2.45, 2.75) is 12.5 Å². The summed E-state index contributed by atoms with van der Waals surface area (Å²) in [6.07, 6.45) is 2.91. The highest BCUT2D eigenvalue weighted by atomic mass is 32.2. The van der Waals surface area contributed by atoms with Gasteiger partial charge >= 0.3 is 0 Å². The van der Waals surface area contributed by atoms with Gasteiger partial charge in [-0.15, -0.1) is 0 Å². The van der Waals surface area contributed by atoms with Gasteiger partial charge in [-0.1, -0.05) is 0 Å². The lowest BCUT2D eigenvalue weighted by Crippen LogP contribution is -2.32. The number of nitrogens with zero attached hydrogens (tertiary/aromatic N) is 3. The molecule has 0 aliphatic carbocycles. The molecule has 1 saturated heterocycles. The molecule has 1 unspecified atom stereocenters. The van der Waals surface area contributed by atoms with E-state index in [0.717, 1.165) is 11.7 Å². The Bertz CT molecular complexity index is 311. The zero-order valence-electron chi connectivity index (χ0n) is 8.18. The summed E-state index contributed by atoms with van der Waals surface area (Å²) >= 11 is 1.98. The summed E-state index contributed by atoms with van der Waals surface area (Å²) < 4.78 is 0. The first kappa shape index (κ1) is 9.58. The average molecular weight is 210 g/mol. The van der Waals surface area contributed by atoms with Gasteiger partial charge in [-0.3, -0.25) is 0 Å². The summed E-state index contributed by atoms with van der Waals surface area (Å²) in [5.74, 6) is 3.66. The zero-order valence-corrected chi connectivity index (χ0v) is 9.00. The molecule has 0 amide bonds. The lowest BCUT2D eigenvalue weighted by molar-refractivity contribution is 0.682. The number of rotatable bonds is 2. The highest BCUT2D eigenvalue weighted by Crippen LogP contribution is 2.23. The Labute approximate surface area is 87.9 Å². The fourth-order valence-electron chi connectivity index (χ4n) is 1.52. The van der Waals surface area contributed by atoms with E-state index in [4.69, 9.17) is 5.73 Å². The quantitative estimate of drug-likeness (QED) is 0.789. The van der Waals surface area contributed by atoms with Crippen LogP contribution in [0.5, 0.6) is 0 Å². The Morgan fingerprint density at radius 1 is 1.64 bits per heavy atom. The van der Waals surface area contributed by atoms with Crippen LogP contribution in [0.1, 0.15) is 6.42 Å². The molecular formula is C9H14N4S. The summed E-state index contributed by atoms with van der Waals surface area (Å²) in [6.45, 7) is 0. The maximum absolute atomic E-state index is 5.61. The maximum Gasteiger partial charge on any atom is 0.227 e. The average Bonchev–Trinajstić information content (AvgIpc) is 2.69. The topological polar surface area (TPSA) is 55.0 Å². The minimum absolute atomic E-state index is 0.535. The number of nitrogens with two attached hydrogens (primary N) is 1. The molecule has 1 aromatic rings. The Kier molecular flexibility index (Phi) is 2.77. The second-order valence-electron chi connectivity index (χ2n) is 3.41. The van der Waals surface area contributed by atoms with Crippen molar-refractivity contribution in [3.05, 3.63) is 12.3 Å². The lowest BCUT2D eigenvalue weighted by Gasteiger charge is -2.23. The van der Waals surface area contributed by atoms with E-state index in [1.54, 1.807) is 12.3 Å². The fraction of sp³-hybridized carbons (Fsp3) is 0.556. The van der Waals surface area contributed by atoms with Crippen molar-refractivity contribution in [3.8, 4) is 0 Å². The fourth-order valence-corrected chi connectivity index (χ4v) is 2.79. The minimum atomic E-state index is 0.535. The number of hydrogen-bond donors (Lipinski definition) is 1. The van der Waals surface area contributed by atoms with Crippen LogP contribution in [0.3, 0.4) is 0 Å². The lowest BCUT2D eigenvalue weighted by atomic mass is 10.2. The summed E-state index contributed by atoms with van der Waals surface area (Å²) in [6, 6.07) is 2.27. The van der Waals surface area contributed by atoms with Crippen LogP contribution in [0, 0.1) is 0 Å². The van der Waals surface area contributed by atoms with Crippen LogP contribution in [0.2, 0.25) is 0 Å². The maximum atomic E-state index is 5.61. The van der Waals surface area contributed by atoms with Crippen LogP contribution in [0.4, 0.5) is 11.8 Å². The molecule has 1 aliphatic heterocycles. The van der Waals surface area contributed by atoms with Crippen molar-refractivity contribution >= 4 is 23.5 Å². The zero-order chi connectivity index (χ0) is 9.97. The number of thioether (sulfide) groups is 1. The molecule has 1 aliphatic rings. The van der Waals surface area contributed by atoms with Crippen molar-refractivity contribution < 1.29 is 0 Å². The van der Waals surface area contributed by atoms with E-state index in [0.29, 0.717) is 11.9 Å². The Balaban J connectivity index is 2.13. The highest BCUT2D eigenvalue weighted by Gasteiger charge is 2.21. The van der Waals surface area contributed by atoms with Crippen LogP contribution >= 0.6 is 11.8 Å². The largest absolute Gasteiger partial charge is 0.384 e. The number of hydrogen-bond acceptors (Lipinski definition) is 5. The molecule has 4 nitrogen and oxygen atoms in total.